The molecule has 5 heteroatoms. The summed E-state index contributed by atoms with van der Waals surface area (Å²) in [5, 5.41) is 0. The topological polar surface area (TPSA) is 21.7 Å². The predicted octanol–water partition coefficient (Wildman–Crippen LogP) is -2.32. The van der Waals surface area contributed by atoms with Crippen molar-refractivity contribution >= 4 is 0 Å². The molecule has 106 valence electrons. The number of quaternary nitrogens is 1. The van der Waals surface area contributed by atoms with E-state index >= 15 is 0 Å². The number of halogens is 1. The molecule has 3 rings (SSSR count). The fourth-order valence-electron chi connectivity index (χ4n) is 3.47. The van der Waals surface area contributed by atoms with Gasteiger partial charge in [0.05, 0.1) is 39.4 Å². The minimum absolute atomic E-state index is 0. The molecule has 3 aliphatic rings. The molecule has 0 bridgehead atoms. The van der Waals surface area contributed by atoms with E-state index < -0.39 is 0 Å². The summed E-state index contributed by atoms with van der Waals surface area (Å²) in [6, 6.07) is 0. The maximum atomic E-state index is 5.48. The minimum atomic E-state index is 0. The quantitative estimate of drug-likeness (QED) is 0.545. The second kappa shape index (κ2) is 6.66. The highest BCUT2D eigenvalue weighted by atomic mass is 79.9. The zero-order valence-corrected chi connectivity index (χ0v) is 12.7. The monoisotopic (exact) mass is 320 g/mol. The molecule has 0 radical (unpaired) electrons. The summed E-state index contributed by atoms with van der Waals surface area (Å²) in [7, 11) is 0. The maximum Gasteiger partial charge on any atom is 0.159 e. The highest BCUT2D eigenvalue weighted by Gasteiger charge is 2.35. The van der Waals surface area contributed by atoms with Crippen molar-refractivity contribution in [3.8, 4) is 0 Å². The zero-order valence-electron chi connectivity index (χ0n) is 11.2. The van der Waals surface area contributed by atoms with Crippen molar-refractivity contribution in [2.24, 2.45) is 0 Å². The highest BCUT2D eigenvalue weighted by molar-refractivity contribution is 4.68. The Morgan fingerprint density at radius 3 is 2.17 bits per heavy atom. The first-order valence-corrected chi connectivity index (χ1v) is 7.17. The molecule has 0 amide bonds. The standard InChI is InChI=1S/C13H25N2O2.BrH/c1-2-8-15(7-1)9-5-14(6-10-15)4-3-13-16-11-12-17-13;/h13H,1-12H2;1H/q+1;/p-1. The molecule has 0 N–H and O–H groups in total. The van der Waals surface area contributed by atoms with Crippen LogP contribution in [-0.2, 0) is 9.47 Å². The van der Waals surface area contributed by atoms with Crippen LogP contribution in [0.5, 0.6) is 0 Å². The van der Waals surface area contributed by atoms with E-state index in [1.807, 2.05) is 0 Å². The molecule has 0 atom stereocenters. The summed E-state index contributed by atoms with van der Waals surface area (Å²) < 4.78 is 12.4. The Morgan fingerprint density at radius 2 is 1.56 bits per heavy atom. The van der Waals surface area contributed by atoms with Gasteiger partial charge in [-0.3, -0.25) is 4.90 Å². The van der Waals surface area contributed by atoms with Crippen molar-refractivity contribution in [1.29, 1.82) is 0 Å². The van der Waals surface area contributed by atoms with E-state index in [0.717, 1.165) is 26.2 Å². The van der Waals surface area contributed by atoms with Crippen molar-refractivity contribution in [3.05, 3.63) is 0 Å². The second-order valence-corrected chi connectivity index (χ2v) is 5.74. The molecule has 18 heavy (non-hydrogen) atoms. The Bertz CT molecular complexity index is 241. The lowest BCUT2D eigenvalue weighted by Gasteiger charge is -2.42. The number of piperazine rings is 1. The van der Waals surface area contributed by atoms with E-state index in [-0.39, 0.29) is 23.3 Å². The van der Waals surface area contributed by atoms with Gasteiger partial charge in [-0.25, -0.2) is 0 Å². The van der Waals surface area contributed by atoms with Crippen molar-refractivity contribution < 1.29 is 30.9 Å². The molecule has 4 nitrogen and oxygen atoms in total. The maximum absolute atomic E-state index is 5.48. The third-order valence-electron chi connectivity index (χ3n) is 4.67. The lowest BCUT2D eigenvalue weighted by Crippen LogP contribution is -3.00. The number of nitrogens with zero attached hydrogens (tertiary/aromatic N) is 2. The molecular weight excluding hydrogens is 296 g/mol. The van der Waals surface area contributed by atoms with Crippen LogP contribution in [0.4, 0.5) is 0 Å². The predicted molar refractivity (Wildman–Crippen MR) is 65.7 cm³/mol. The molecular formula is C13H25BrN2O2. The zero-order chi connectivity index (χ0) is 11.6. The van der Waals surface area contributed by atoms with Crippen LogP contribution in [-0.4, -0.2) is 74.7 Å². The fourth-order valence-corrected chi connectivity index (χ4v) is 3.47. The van der Waals surface area contributed by atoms with Gasteiger partial charge in [0.1, 0.15) is 0 Å². The van der Waals surface area contributed by atoms with Gasteiger partial charge in [0.25, 0.3) is 0 Å². The van der Waals surface area contributed by atoms with Gasteiger partial charge in [-0.05, 0) is 0 Å². The summed E-state index contributed by atoms with van der Waals surface area (Å²) >= 11 is 0. The fraction of sp³-hybridized carbons (Fsp3) is 1.00. The van der Waals surface area contributed by atoms with E-state index in [1.165, 1.54) is 56.6 Å². The Labute approximate surface area is 121 Å². The molecule has 0 aromatic carbocycles. The molecule has 3 saturated heterocycles. The van der Waals surface area contributed by atoms with Crippen LogP contribution in [0.2, 0.25) is 0 Å². The van der Waals surface area contributed by atoms with Gasteiger partial charge in [-0.2, -0.15) is 0 Å². The van der Waals surface area contributed by atoms with Gasteiger partial charge in [0, 0.05) is 38.9 Å². The van der Waals surface area contributed by atoms with Crippen LogP contribution in [0.1, 0.15) is 19.3 Å². The first-order valence-electron chi connectivity index (χ1n) is 7.17. The lowest BCUT2D eigenvalue weighted by atomic mass is 10.2. The van der Waals surface area contributed by atoms with Crippen LogP contribution in [0.15, 0.2) is 0 Å². The first kappa shape index (κ1) is 14.7. The van der Waals surface area contributed by atoms with Crippen LogP contribution in [0.25, 0.3) is 0 Å². The van der Waals surface area contributed by atoms with Gasteiger partial charge in [-0.15, -0.1) is 0 Å². The van der Waals surface area contributed by atoms with Crippen molar-refractivity contribution in [3.63, 3.8) is 0 Å². The van der Waals surface area contributed by atoms with Crippen LogP contribution < -0.4 is 17.0 Å². The van der Waals surface area contributed by atoms with E-state index in [4.69, 9.17) is 9.47 Å². The molecule has 0 unspecified atom stereocenters. The summed E-state index contributed by atoms with van der Waals surface area (Å²) in [5.41, 5.74) is 0. The van der Waals surface area contributed by atoms with Crippen molar-refractivity contribution in [2.75, 3.05) is 59.0 Å². The Hall–Kier alpha value is 0.320. The van der Waals surface area contributed by atoms with Crippen LogP contribution >= 0.6 is 0 Å². The minimum Gasteiger partial charge on any atom is -1.00 e. The molecule has 0 saturated carbocycles. The number of rotatable bonds is 3. The molecule has 0 aliphatic carbocycles. The van der Waals surface area contributed by atoms with E-state index in [2.05, 4.69) is 4.90 Å². The Balaban J connectivity index is 0.00000120. The Morgan fingerprint density at radius 1 is 0.944 bits per heavy atom. The molecule has 0 aromatic rings. The molecule has 3 aliphatic heterocycles. The third kappa shape index (κ3) is 3.45. The first-order chi connectivity index (χ1) is 8.36. The normalized spacial score (nSPS) is 28.7. The largest absolute Gasteiger partial charge is 1.00 e. The second-order valence-electron chi connectivity index (χ2n) is 5.74. The molecule has 1 spiro atoms. The number of hydrogen-bond acceptors (Lipinski definition) is 3. The summed E-state index contributed by atoms with van der Waals surface area (Å²) in [4.78, 5) is 2.59. The Kier molecular flexibility index (Phi) is 5.45. The molecule has 3 heterocycles. The highest BCUT2D eigenvalue weighted by Crippen LogP contribution is 2.22. The van der Waals surface area contributed by atoms with Gasteiger partial charge in [0.15, 0.2) is 6.29 Å². The number of hydrogen-bond donors (Lipinski definition) is 0. The average Bonchev–Trinajstić information content (AvgIpc) is 3.01. The van der Waals surface area contributed by atoms with Gasteiger partial charge in [0.2, 0.25) is 0 Å². The summed E-state index contributed by atoms with van der Waals surface area (Å²) in [5.74, 6) is 0. The van der Waals surface area contributed by atoms with Crippen LogP contribution in [0, 0.1) is 0 Å². The lowest BCUT2D eigenvalue weighted by molar-refractivity contribution is -0.920. The third-order valence-corrected chi connectivity index (χ3v) is 4.67. The van der Waals surface area contributed by atoms with E-state index in [0.29, 0.717) is 0 Å². The van der Waals surface area contributed by atoms with Crippen molar-refractivity contribution in [2.45, 2.75) is 25.6 Å². The van der Waals surface area contributed by atoms with Crippen molar-refractivity contribution in [1.82, 2.24) is 4.90 Å². The van der Waals surface area contributed by atoms with E-state index in [9.17, 15) is 0 Å². The summed E-state index contributed by atoms with van der Waals surface area (Å²) in [6.07, 6.45) is 4.01. The van der Waals surface area contributed by atoms with Gasteiger partial charge in [-0.1, -0.05) is 0 Å². The average molecular weight is 321 g/mol. The van der Waals surface area contributed by atoms with Crippen LogP contribution in [0.3, 0.4) is 0 Å². The smallest absolute Gasteiger partial charge is 0.159 e. The molecule has 3 fully saturated rings. The van der Waals surface area contributed by atoms with Gasteiger partial charge < -0.3 is 30.9 Å². The van der Waals surface area contributed by atoms with E-state index in [1.54, 1.807) is 0 Å². The summed E-state index contributed by atoms with van der Waals surface area (Å²) in [6.45, 7) is 10.9. The SMILES string of the molecule is C1CC[N+]2(C1)CCN(CCC1OCCO1)CC2.[Br-]. The number of ether oxygens (including phenoxy) is 2. The van der Waals surface area contributed by atoms with Gasteiger partial charge >= 0.3 is 0 Å². The molecule has 0 aromatic heterocycles.